The molecule has 3 nitrogen and oxygen atoms in total. The quantitative estimate of drug-likeness (QED) is 0.875. The Morgan fingerprint density at radius 3 is 2.35 bits per heavy atom. The lowest BCUT2D eigenvalue weighted by atomic mass is 10.1. The highest BCUT2D eigenvalue weighted by molar-refractivity contribution is 6.30. The van der Waals surface area contributed by atoms with Crippen LogP contribution < -0.4 is 5.32 Å². The summed E-state index contributed by atoms with van der Waals surface area (Å²) in [6.45, 7) is 3.73. The van der Waals surface area contributed by atoms with Crippen molar-refractivity contribution >= 4 is 23.3 Å². The lowest BCUT2D eigenvalue weighted by Gasteiger charge is -2.06. The Hall–Kier alpha value is -1.35. The van der Waals surface area contributed by atoms with Gasteiger partial charge in [-0.1, -0.05) is 37.6 Å². The van der Waals surface area contributed by atoms with Gasteiger partial charge in [0, 0.05) is 10.9 Å². The van der Waals surface area contributed by atoms with Gasteiger partial charge >= 0.3 is 0 Å². The predicted molar refractivity (Wildman–Crippen MR) is 68.0 cm³/mol. The number of nitrogens with one attached hydrogen (secondary N) is 1. The van der Waals surface area contributed by atoms with Gasteiger partial charge in [0.2, 0.25) is 5.91 Å². The molecular formula is C13H16ClNO2. The first-order valence-electron chi connectivity index (χ1n) is 5.53. The van der Waals surface area contributed by atoms with Crippen molar-refractivity contribution in [3.63, 3.8) is 0 Å². The highest BCUT2D eigenvalue weighted by Crippen LogP contribution is 2.09. The van der Waals surface area contributed by atoms with E-state index in [1.807, 2.05) is 13.8 Å². The minimum absolute atomic E-state index is 0.0365. The van der Waals surface area contributed by atoms with Crippen LogP contribution in [0.1, 0.15) is 19.4 Å². The van der Waals surface area contributed by atoms with E-state index in [1.165, 1.54) is 0 Å². The Morgan fingerprint density at radius 1 is 1.24 bits per heavy atom. The van der Waals surface area contributed by atoms with Crippen LogP contribution in [0.25, 0.3) is 0 Å². The van der Waals surface area contributed by atoms with E-state index in [4.69, 9.17) is 11.6 Å². The minimum atomic E-state index is -0.152. The number of halogens is 1. The maximum atomic E-state index is 11.5. The van der Waals surface area contributed by atoms with Crippen LogP contribution in [-0.2, 0) is 16.0 Å². The van der Waals surface area contributed by atoms with Crippen molar-refractivity contribution in [1.29, 1.82) is 0 Å². The minimum Gasteiger partial charge on any atom is -0.349 e. The normalized spacial score (nSPS) is 10.4. The third-order valence-corrected chi connectivity index (χ3v) is 2.63. The summed E-state index contributed by atoms with van der Waals surface area (Å²) in [6.07, 6.45) is 0.266. The molecule has 1 rings (SSSR count). The van der Waals surface area contributed by atoms with Crippen molar-refractivity contribution in [1.82, 2.24) is 5.32 Å². The monoisotopic (exact) mass is 253 g/mol. The zero-order chi connectivity index (χ0) is 12.8. The van der Waals surface area contributed by atoms with Crippen LogP contribution in [0.3, 0.4) is 0 Å². The van der Waals surface area contributed by atoms with Crippen molar-refractivity contribution in [3.05, 3.63) is 34.9 Å². The summed E-state index contributed by atoms with van der Waals surface area (Å²) in [5, 5.41) is 3.25. The molecule has 0 saturated heterocycles. The van der Waals surface area contributed by atoms with Crippen molar-refractivity contribution < 1.29 is 9.59 Å². The van der Waals surface area contributed by atoms with E-state index in [9.17, 15) is 9.59 Å². The molecule has 0 aliphatic carbocycles. The average molecular weight is 254 g/mol. The van der Waals surface area contributed by atoms with Crippen molar-refractivity contribution in [3.8, 4) is 0 Å². The Bertz CT molecular complexity index is 398. The second kappa shape index (κ2) is 6.40. The maximum absolute atomic E-state index is 11.5. The molecule has 4 heteroatoms. The molecule has 0 bridgehead atoms. The molecule has 92 valence electrons. The zero-order valence-electron chi connectivity index (χ0n) is 10.00. The van der Waals surface area contributed by atoms with Crippen molar-refractivity contribution in [2.24, 2.45) is 5.92 Å². The standard InChI is InChI=1S/C13H16ClNO2/c1-9(2)12(16)8-15-13(17)7-10-3-5-11(14)6-4-10/h3-6,9H,7-8H2,1-2H3,(H,15,17). The van der Waals surface area contributed by atoms with E-state index < -0.39 is 0 Å². The highest BCUT2D eigenvalue weighted by Gasteiger charge is 2.09. The second-order valence-corrected chi connectivity index (χ2v) is 4.64. The van der Waals surface area contributed by atoms with Gasteiger partial charge in [0.1, 0.15) is 0 Å². The topological polar surface area (TPSA) is 46.2 Å². The van der Waals surface area contributed by atoms with E-state index >= 15 is 0 Å². The van der Waals surface area contributed by atoms with Crippen molar-refractivity contribution in [2.45, 2.75) is 20.3 Å². The van der Waals surface area contributed by atoms with Gasteiger partial charge in [-0.2, -0.15) is 0 Å². The molecule has 0 unspecified atom stereocenters. The Labute approximate surface area is 106 Å². The van der Waals surface area contributed by atoms with E-state index in [0.29, 0.717) is 5.02 Å². The summed E-state index contributed by atoms with van der Waals surface area (Å²) in [5.41, 5.74) is 0.879. The lowest BCUT2D eigenvalue weighted by molar-refractivity contribution is -0.126. The fourth-order valence-electron chi connectivity index (χ4n) is 1.24. The SMILES string of the molecule is CC(C)C(=O)CNC(=O)Cc1ccc(Cl)cc1. The summed E-state index contributed by atoms with van der Waals surface area (Å²) in [7, 11) is 0. The molecule has 1 aromatic rings. The Kier molecular flexibility index (Phi) is 5.16. The summed E-state index contributed by atoms with van der Waals surface area (Å²) in [6, 6.07) is 7.07. The first-order chi connectivity index (χ1) is 7.99. The second-order valence-electron chi connectivity index (χ2n) is 4.20. The molecule has 0 spiro atoms. The van der Waals surface area contributed by atoms with Gasteiger partial charge in [-0.15, -0.1) is 0 Å². The largest absolute Gasteiger partial charge is 0.349 e. The molecule has 0 heterocycles. The zero-order valence-corrected chi connectivity index (χ0v) is 10.8. The number of Topliss-reactive ketones (excluding diaryl/α,β-unsaturated/α-hetero) is 1. The summed E-state index contributed by atoms with van der Waals surface area (Å²) < 4.78 is 0. The Morgan fingerprint density at radius 2 is 1.82 bits per heavy atom. The van der Waals surface area contributed by atoms with E-state index in [0.717, 1.165) is 5.56 Å². The van der Waals surface area contributed by atoms with Gasteiger partial charge in [-0.3, -0.25) is 9.59 Å². The van der Waals surface area contributed by atoms with Gasteiger partial charge in [0.05, 0.1) is 13.0 Å². The Balaban J connectivity index is 2.40. The van der Waals surface area contributed by atoms with Gasteiger partial charge in [0.25, 0.3) is 0 Å². The van der Waals surface area contributed by atoms with Crippen LogP contribution in [0.2, 0.25) is 5.02 Å². The molecule has 0 aliphatic rings. The average Bonchev–Trinajstić information content (AvgIpc) is 2.29. The number of rotatable bonds is 5. The third-order valence-electron chi connectivity index (χ3n) is 2.38. The fraction of sp³-hybridized carbons (Fsp3) is 0.385. The van der Waals surface area contributed by atoms with Crippen LogP contribution in [0.15, 0.2) is 24.3 Å². The summed E-state index contributed by atoms with van der Waals surface area (Å²) >= 11 is 5.74. The van der Waals surface area contributed by atoms with E-state index in [2.05, 4.69) is 5.32 Å². The smallest absolute Gasteiger partial charge is 0.224 e. The number of amides is 1. The van der Waals surface area contributed by atoms with Gasteiger partial charge in [-0.25, -0.2) is 0 Å². The predicted octanol–water partition coefficient (Wildman–Crippen LogP) is 2.22. The maximum Gasteiger partial charge on any atom is 0.224 e. The highest BCUT2D eigenvalue weighted by atomic mass is 35.5. The molecule has 0 saturated carbocycles. The fourth-order valence-corrected chi connectivity index (χ4v) is 1.37. The molecule has 0 radical (unpaired) electrons. The van der Waals surface area contributed by atoms with Crippen LogP contribution in [0.5, 0.6) is 0 Å². The molecular weight excluding hydrogens is 238 g/mol. The molecule has 1 N–H and O–H groups in total. The first-order valence-corrected chi connectivity index (χ1v) is 5.90. The molecule has 0 aromatic heterocycles. The number of carbonyl (C=O) groups excluding carboxylic acids is 2. The van der Waals surface area contributed by atoms with Crippen LogP contribution in [0, 0.1) is 5.92 Å². The molecule has 0 aliphatic heterocycles. The number of ketones is 1. The van der Waals surface area contributed by atoms with E-state index in [-0.39, 0.29) is 30.6 Å². The molecule has 1 aromatic carbocycles. The van der Waals surface area contributed by atoms with Crippen molar-refractivity contribution in [2.75, 3.05) is 6.54 Å². The van der Waals surface area contributed by atoms with E-state index in [1.54, 1.807) is 24.3 Å². The summed E-state index contributed by atoms with van der Waals surface area (Å²) in [4.78, 5) is 22.8. The number of carbonyl (C=O) groups is 2. The molecule has 0 fully saturated rings. The van der Waals surface area contributed by atoms with Crippen LogP contribution >= 0.6 is 11.6 Å². The van der Waals surface area contributed by atoms with Crippen LogP contribution in [0.4, 0.5) is 0 Å². The van der Waals surface area contributed by atoms with Gasteiger partial charge < -0.3 is 5.32 Å². The summed E-state index contributed by atoms with van der Waals surface area (Å²) in [5.74, 6) is -0.165. The first kappa shape index (κ1) is 13.7. The molecule has 0 atom stereocenters. The van der Waals surface area contributed by atoms with Gasteiger partial charge in [0.15, 0.2) is 5.78 Å². The lowest BCUT2D eigenvalue weighted by Crippen LogP contribution is -2.32. The number of benzene rings is 1. The molecule has 1 amide bonds. The van der Waals surface area contributed by atoms with Gasteiger partial charge in [-0.05, 0) is 17.7 Å². The number of hydrogen-bond acceptors (Lipinski definition) is 2. The molecule has 17 heavy (non-hydrogen) atoms. The third kappa shape index (κ3) is 5.00. The van der Waals surface area contributed by atoms with Crippen LogP contribution in [-0.4, -0.2) is 18.2 Å². The number of hydrogen-bond donors (Lipinski definition) is 1.